The van der Waals surface area contributed by atoms with Crippen molar-refractivity contribution in [2.45, 2.75) is 19.8 Å². The van der Waals surface area contributed by atoms with E-state index < -0.39 is 0 Å². The first-order valence-electron chi connectivity index (χ1n) is 11.6. The number of nitrogens with zero attached hydrogens (tertiary/aromatic N) is 3. The number of aromatic nitrogens is 2. The lowest BCUT2D eigenvalue weighted by molar-refractivity contribution is -0.129. The number of piperazine rings is 1. The van der Waals surface area contributed by atoms with Crippen LogP contribution in [0.2, 0.25) is 0 Å². The number of carbonyl (C=O) groups is 2. The topological polar surface area (TPSA) is 99.8 Å². The average Bonchev–Trinajstić information content (AvgIpc) is 3.34. The van der Waals surface area contributed by atoms with Crippen LogP contribution in [0.3, 0.4) is 0 Å². The van der Waals surface area contributed by atoms with Crippen molar-refractivity contribution in [3.05, 3.63) is 65.4 Å². The highest BCUT2D eigenvalue weighted by Gasteiger charge is 2.19. The lowest BCUT2D eigenvalue weighted by Gasteiger charge is -2.35. The van der Waals surface area contributed by atoms with Crippen molar-refractivity contribution in [2.24, 2.45) is 0 Å². The van der Waals surface area contributed by atoms with Crippen LogP contribution in [0.5, 0.6) is 11.5 Å². The first-order valence-corrected chi connectivity index (χ1v) is 11.6. The van der Waals surface area contributed by atoms with Gasteiger partial charge >= 0.3 is 0 Å². The summed E-state index contributed by atoms with van der Waals surface area (Å²) in [5.74, 6) is 1.96. The highest BCUT2D eigenvalue weighted by atomic mass is 16.5. The van der Waals surface area contributed by atoms with E-state index >= 15 is 0 Å². The monoisotopic (exact) mass is 477 g/mol. The largest absolute Gasteiger partial charge is 0.497 e. The molecule has 1 saturated heterocycles. The number of aromatic amines is 1. The second kappa shape index (κ2) is 10.9. The molecule has 2 aromatic carbocycles. The maximum Gasteiger partial charge on any atom is 0.256 e. The fraction of sp³-hybridized carbons (Fsp3) is 0.346. The molecule has 0 unspecified atom stereocenters. The molecule has 0 saturated carbocycles. The normalized spacial score (nSPS) is 13.5. The number of ether oxygens (including phenoxy) is 2. The first kappa shape index (κ1) is 24.1. The summed E-state index contributed by atoms with van der Waals surface area (Å²) in [6, 6.07) is 15.2. The fourth-order valence-corrected chi connectivity index (χ4v) is 4.14. The number of aryl methyl sites for hydroxylation is 2. The number of H-pyrrole nitrogens is 1. The van der Waals surface area contributed by atoms with Crippen molar-refractivity contribution < 1.29 is 19.1 Å². The van der Waals surface area contributed by atoms with Crippen molar-refractivity contribution >= 4 is 23.3 Å². The molecule has 2 heterocycles. The van der Waals surface area contributed by atoms with E-state index in [0.717, 1.165) is 48.0 Å². The van der Waals surface area contributed by atoms with Gasteiger partial charge in [-0.15, -0.1) is 0 Å². The number of amides is 2. The van der Waals surface area contributed by atoms with E-state index in [0.29, 0.717) is 30.9 Å². The van der Waals surface area contributed by atoms with Crippen molar-refractivity contribution in [3.8, 4) is 11.5 Å². The van der Waals surface area contributed by atoms with Gasteiger partial charge in [-0.2, -0.15) is 5.10 Å². The van der Waals surface area contributed by atoms with Crippen molar-refractivity contribution in [2.75, 3.05) is 50.6 Å². The summed E-state index contributed by atoms with van der Waals surface area (Å²) in [4.78, 5) is 28.3. The SMILES string of the molecule is COc1cc(CCc2cc(NC(=O)c3ccc(N4CCN(C(C)=O)CC4)cc3)[nH]n2)cc(OC)c1. The molecule has 1 fully saturated rings. The highest BCUT2D eigenvalue weighted by molar-refractivity contribution is 6.03. The molecule has 0 bridgehead atoms. The van der Waals surface area contributed by atoms with Crippen LogP contribution >= 0.6 is 0 Å². The minimum absolute atomic E-state index is 0.110. The zero-order valence-electron chi connectivity index (χ0n) is 20.3. The lowest BCUT2D eigenvalue weighted by Crippen LogP contribution is -2.48. The van der Waals surface area contributed by atoms with E-state index in [1.54, 1.807) is 21.1 Å². The Hall–Kier alpha value is -4.01. The van der Waals surface area contributed by atoms with E-state index in [2.05, 4.69) is 20.4 Å². The minimum Gasteiger partial charge on any atom is -0.497 e. The Kier molecular flexibility index (Phi) is 7.54. The van der Waals surface area contributed by atoms with Crippen LogP contribution in [-0.2, 0) is 17.6 Å². The Bertz CT molecular complexity index is 1140. The number of benzene rings is 2. The third-order valence-corrected chi connectivity index (χ3v) is 6.18. The zero-order valence-corrected chi connectivity index (χ0v) is 20.3. The summed E-state index contributed by atoms with van der Waals surface area (Å²) in [6.45, 7) is 4.59. The fourth-order valence-electron chi connectivity index (χ4n) is 4.14. The first-order chi connectivity index (χ1) is 16.9. The second-order valence-corrected chi connectivity index (χ2v) is 8.49. The van der Waals surface area contributed by atoms with Gasteiger partial charge in [-0.25, -0.2) is 0 Å². The molecule has 0 radical (unpaired) electrons. The molecule has 0 spiro atoms. The second-order valence-electron chi connectivity index (χ2n) is 8.49. The number of anilines is 2. The van der Waals surface area contributed by atoms with Crippen LogP contribution in [0, 0.1) is 0 Å². The third-order valence-electron chi connectivity index (χ3n) is 6.18. The molecule has 0 atom stereocenters. The Morgan fingerprint density at radius 3 is 2.20 bits per heavy atom. The van der Waals surface area contributed by atoms with Gasteiger partial charge in [-0.1, -0.05) is 0 Å². The highest BCUT2D eigenvalue weighted by Crippen LogP contribution is 2.24. The standard InChI is InChI=1S/C26H31N5O4/c1-18(32)30-10-12-31(13-11-30)22-8-5-20(6-9-22)26(33)27-25-16-21(28-29-25)7-4-19-14-23(34-2)17-24(15-19)35-3/h5-6,8-9,14-17H,4,7,10-13H2,1-3H3,(H2,27,28,29,33). The van der Waals surface area contributed by atoms with E-state index in [4.69, 9.17) is 9.47 Å². The van der Waals surface area contributed by atoms with Crippen LogP contribution < -0.4 is 19.7 Å². The van der Waals surface area contributed by atoms with Gasteiger partial charge in [0, 0.05) is 56.5 Å². The molecule has 184 valence electrons. The predicted molar refractivity (Wildman–Crippen MR) is 134 cm³/mol. The Labute approximate surface area is 205 Å². The minimum atomic E-state index is -0.203. The van der Waals surface area contributed by atoms with E-state index in [9.17, 15) is 9.59 Å². The summed E-state index contributed by atoms with van der Waals surface area (Å²) in [5, 5.41) is 10.1. The summed E-state index contributed by atoms with van der Waals surface area (Å²) in [6.07, 6.45) is 1.46. The number of hydrogen-bond acceptors (Lipinski definition) is 6. The van der Waals surface area contributed by atoms with Gasteiger partial charge in [0.1, 0.15) is 17.3 Å². The van der Waals surface area contributed by atoms with Gasteiger partial charge in [0.25, 0.3) is 5.91 Å². The average molecular weight is 478 g/mol. The molecule has 3 aromatic rings. The third kappa shape index (κ3) is 6.11. The Morgan fingerprint density at radius 1 is 0.943 bits per heavy atom. The van der Waals surface area contributed by atoms with Crippen LogP contribution in [0.25, 0.3) is 0 Å². The summed E-state index contributed by atoms with van der Waals surface area (Å²) < 4.78 is 10.7. The Balaban J connectivity index is 1.31. The molecule has 1 aromatic heterocycles. The van der Waals surface area contributed by atoms with Crippen molar-refractivity contribution in [1.29, 1.82) is 0 Å². The van der Waals surface area contributed by atoms with Gasteiger partial charge in [-0.05, 0) is 54.8 Å². The molecular weight excluding hydrogens is 446 g/mol. The summed E-state index contributed by atoms with van der Waals surface area (Å²) in [7, 11) is 3.26. The maximum absolute atomic E-state index is 12.7. The van der Waals surface area contributed by atoms with Gasteiger partial charge in [0.2, 0.25) is 5.91 Å². The van der Waals surface area contributed by atoms with E-state index in [1.165, 1.54) is 0 Å². The number of carbonyl (C=O) groups excluding carboxylic acids is 2. The molecule has 2 N–H and O–H groups in total. The molecule has 2 amide bonds. The van der Waals surface area contributed by atoms with E-state index in [-0.39, 0.29) is 11.8 Å². The van der Waals surface area contributed by atoms with Gasteiger partial charge < -0.3 is 24.6 Å². The molecule has 1 aliphatic heterocycles. The van der Waals surface area contributed by atoms with Crippen molar-refractivity contribution in [3.63, 3.8) is 0 Å². The van der Waals surface area contributed by atoms with Crippen LogP contribution in [0.15, 0.2) is 48.5 Å². The number of methoxy groups -OCH3 is 2. The van der Waals surface area contributed by atoms with Crippen LogP contribution in [0.1, 0.15) is 28.5 Å². The van der Waals surface area contributed by atoms with Crippen LogP contribution in [-0.4, -0.2) is 67.3 Å². The molecule has 9 heteroatoms. The number of hydrogen-bond donors (Lipinski definition) is 2. The van der Waals surface area contributed by atoms with Gasteiger partial charge in [0.05, 0.1) is 19.9 Å². The summed E-state index contributed by atoms with van der Waals surface area (Å²) >= 11 is 0. The molecule has 0 aliphatic carbocycles. The lowest BCUT2D eigenvalue weighted by atomic mass is 10.1. The van der Waals surface area contributed by atoms with Crippen molar-refractivity contribution in [1.82, 2.24) is 15.1 Å². The molecule has 4 rings (SSSR count). The van der Waals surface area contributed by atoms with Gasteiger partial charge in [-0.3, -0.25) is 14.7 Å². The summed E-state index contributed by atoms with van der Waals surface area (Å²) in [5.41, 5.74) is 3.54. The smallest absolute Gasteiger partial charge is 0.256 e. The quantitative estimate of drug-likeness (QED) is 0.517. The number of rotatable bonds is 8. The molecule has 1 aliphatic rings. The molecular formula is C26H31N5O4. The molecule has 9 nitrogen and oxygen atoms in total. The zero-order chi connectivity index (χ0) is 24.8. The maximum atomic E-state index is 12.7. The Morgan fingerprint density at radius 2 is 1.60 bits per heavy atom. The van der Waals surface area contributed by atoms with E-state index in [1.807, 2.05) is 53.4 Å². The van der Waals surface area contributed by atoms with Gasteiger partial charge in [0.15, 0.2) is 0 Å². The molecule has 35 heavy (non-hydrogen) atoms. The number of nitrogens with one attached hydrogen (secondary N) is 2. The van der Waals surface area contributed by atoms with Crippen LogP contribution in [0.4, 0.5) is 11.5 Å². The predicted octanol–water partition coefficient (Wildman–Crippen LogP) is 3.13.